The SMILES string of the molecule is C=CC(=O)NCC1CCNc2c(C(N)O)c(-c3ccc(OCc4ccccc4)c(OC)c3)nn21. The Bertz CT molecular complexity index is 1160. The molecule has 2 aromatic carbocycles. The maximum atomic E-state index is 11.7. The van der Waals surface area contributed by atoms with E-state index in [0.29, 0.717) is 48.3 Å². The zero-order chi connectivity index (χ0) is 24.1. The number of methoxy groups -OCH3 is 1. The largest absolute Gasteiger partial charge is 0.493 e. The number of carbonyl (C=O) groups is 1. The van der Waals surface area contributed by atoms with E-state index in [2.05, 4.69) is 17.2 Å². The molecule has 178 valence electrons. The van der Waals surface area contributed by atoms with Crippen LogP contribution < -0.4 is 25.8 Å². The van der Waals surface area contributed by atoms with E-state index in [-0.39, 0.29) is 11.9 Å². The number of benzene rings is 2. The number of nitrogens with zero attached hydrogens (tertiary/aromatic N) is 2. The predicted octanol–water partition coefficient (Wildman–Crippen LogP) is 2.75. The highest BCUT2D eigenvalue weighted by atomic mass is 16.5. The normalized spacial score (nSPS) is 15.6. The summed E-state index contributed by atoms with van der Waals surface area (Å²) in [6.07, 6.45) is 0.744. The van der Waals surface area contributed by atoms with Crippen molar-refractivity contribution in [2.24, 2.45) is 5.73 Å². The maximum Gasteiger partial charge on any atom is 0.243 e. The number of aromatic nitrogens is 2. The monoisotopic (exact) mass is 463 g/mol. The van der Waals surface area contributed by atoms with Crippen molar-refractivity contribution in [3.8, 4) is 22.8 Å². The molecule has 4 rings (SSSR count). The van der Waals surface area contributed by atoms with Crippen LogP contribution in [0.25, 0.3) is 11.3 Å². The number of fused-ring (bicyclic) bond motifs is 1. The molecule has 5 N–H and O–H groups in total. The molecule has 9 nitrogen and oxygen atoms in total. The van der Waals surface area contributed by atoms with Crippen molar-refractivity contribution in [3.05, 3.63) is 72.3 Å². The van der Waals surface area contributed by atoms with Gasteiger partial charge >= 0.3 is 0 Å². The summed E-state index contributed by atoms with van der Waals surface area (Å²) in [6, 6.07) is 15.3. The minimum Gasteiger partial charge on any atom is -0.493 e. The number of anilines is 1. The molecular formula is C25H29N5O4. The Hall–Kier alpha value is -3.82. The lowest BCUT2D eigenvalue weighted by molar-refractivity contribution is -0.116. The quantitative estimate of drug-likeness (QED) is 0.284. The number of nitrogens with one attached hydrogen (secondary N) is 2. The van der Waals surface area contributed by atoms with Crippen LogP contribution in [0.3, 0.4) is 0 Å². The van der Waals surface area contributed by atoms with E-state index in [4.69, 9.17) is 20.3 Å². The van der Waals surface area contributed by atoms with Crippen LogP contribution in [0.15, 0.2) is 61.2 Å². The Morgan fingerprint density at radius 1 is 1.35 bits per heavy atom. The summed E-state index contributed by atoms with van der Waals surface area (Å²) in [5, 5.41) is 21.3. The number of carbonyl (C=O) groups excluding carboxylic acids is 1. The van der Waals surface area contributed by atoms with Crippen molar-refractivity contribution in [1.82, 2.24) is 15.1 Å². The molecule has 1 amide bonds. The van der Waals surface area contributed by atoms with E-state index >= 15 is 0 Å². The Kier molecular flexibility index (Phi) is 7.15. The summed E-state index contributed by atoms with van der Waals surface area (Å²) in [5.74, 6) is 1.52. The van der Waals surface area contributed by atoms with Crippen molar-refractivity contribution in [2.45, 2.75) is 25.3 Å². The van der Waals surface area contributed by atoms with Crippen LogP contribution in [0.2, 0.25) is 0 Å². The van der Waals surface area contributed by atoms with Crippen molar-refractivity contribution >= 4 is 11.7 Å². The Morgan fingerprint density at radius 3 is 2.85 bits per heavy atom. The third-order valence-corrected chi connectivity index (χ3v) is 5.73. The smallest absolute Gasteiger partial charge is 0.243 e. The second-order valence-corrected chi connectivity index (χ2v) is 7.96. The number of nitrogens with two attached hydrogens (primary N) is 1. The molecule has 0 spiro atoms. The van der Waals surface area contributed by atoms with Gasteiger partial charge in [0.2, 0.25) is 5.91 Å². The lowest BCUT2D eigenvalue weighted by atomic mass is 10.0. The highest BCUT2D eigenvalue weighted by Gasteiger charge is 2.30. The molecule has 3 aromatic rings. The van der Waals surface area contributed by atoms with Crippen LogP contribution in [0, 0.1) is 0 Å². The molecule has 0 saturated heterocycles. The number of ether oxygens (including phenoxy) is 2. The minimum absolute atomic E-state index is 0.0956. The number of aliphatic hydroxyl groups is 1. The molecule has 1 aromatic heterocycles. The fourth-order valence-electron chi connectivity index (χ4n) is 4.01. The molecule has 2 unspecified atom stereocenters. The summed E-state index contributed by atoms with van der Waals surface area (Å²) in [4.78, 5) is 11.7. The molecule has 9 heteroatoms. The van der Waals surface area contributed by atoms with Gasteiger partial charge in [0, 0.05) is 18.7 Å². The second-order valence-electron chi connectivity index (χ2n) is 7.96. The summed E-state index contributed by atoms with van der Waals surface area (Å²) < 4.78 is 13.3. The molecule has 1 aliphatic heterocycles. The van der Waals surface area contributed by atoms with E-state index in [1.165, 1.54) is 6.08 Å². The fourth-order valence-corrected chi connectivity index (χ4v) is 4.01. The molecule has 2 atom stereocenters. The number of hydrogen-bond donors (Lipinski definition) is 4. The first-order valence-electron chi connectivity index (χ1n) is 11.1. The molecule has 0 saturated carbocycles. The highest BCUT2D eigenvalue weighted by molar-refractivity contribution is 5.86. The van der Waals surface area contributed by atoms with Gasteiger partial charge in [0.15, 0.2) is 11.5 Å². The van der Waals surface area contributed by atoms with Crippen molar-refractivity contribution in [2.75, 3.05) is 25.5 Å². The van der Waals surface area contributed by atoms with Gasteiger partial charge in [-0.25, -0.2) is 4.68 Å². The zero-order valence-electron chi connectivity index (χ0n) is 19.0. The maximum absolute atomic E-state index is 11.7. The summed E-state index contributed by atoms with van der Waals surface area (Å²) in [5.41, 5.74) is 8.73. The van der Waals surface area contributed by atoms with E-state index in [9.17, 15) is 9.90 Å². The van der Waals surface area contributed by atoms with E-state index in [0.717, 1.165) is 17.5 Å². The fraction of sp³-hybridized carbons (Fsp3) is 0.280. The second kappa shape index (κ2) is 10.4. The van der Waals surface area contributed by atoms with Crippen LogP contribution in [-0.2, 0) is 11.4 Å². The molecule has 0 aliphatic carbocycles. The number of rotatable bonds is 9. The predicted molar refractivity (Wildman–Crippen MR) is 129 cm³/mol. The van der Waals surface area contributed by atoms with Gasteiger partial charge in [-0.15, -0.1) is 0 Å². The number of aliphatic hydroxyl groups excluding tert-OH is 1. The minimum atomic E-state index is -1.24. The lowest BCUT2D eigenvalue weighted by Gasteiger charge is -2.26. The topological polar surface area (TPSA) is 124 Å². The first-order chi connectivity index (χ1) is 16.5. The third-order valence-electron chi connectivity index (χ3n) is 5.73. The van der Waals surface area contributed by atoms with Gasteiger partial charge in [0.05, 0.1) is 18.7 Å². The van der Waals surface area contributed by atoms with Gasteiger partial charge in [-0.1, -0.05) is 36.9 Å². The van der Waals surface area contributed by atoms with Crippen LogP contribution >= 0.6 is 0 Å². The first-order valence-corrected chi connectivity index (χ1v) is 11.1. The standard InChI is InChI=1S/C25H29N5O4/c1-3-21(31)28-14-18-11-12-27-25-22(24(26)32)23(29-30(18)25)17-9-10-19(20(13-17)33-2)34-15-16-7-5-4-6-8-16/h3-10,13,18,24,27,32H,1,11-12,14-15,26H2,2H3,(H,28,31). The zero-order valence-corrected chi connectivity index (χ0v) is 19.0. The van der Waals surface area contributed by atoms with Gasteiger partial charge in [-0.05, 0) is 36.3 Å². The molecule has 0 fully saturated rings. The van der Waals surface area contributed by atoms with Crippen LogP contribution in [0.1, 0.15) is 29.8 Å². The van der Waals surface area contributed by atoms with Crippen molar-refractivity contribution < 1.29 is 19.4 Å². The first kappa shape index (κ1) is 23.3. The van der Waals surface area contributed by atoms with Gasteiger partial charge < -0.3 is 30.9 Å². The Labute approximate surface area is 198 Å². The van der Waals surface area contributed by atoms with Gasteiger partial charge in [-0.2, -0.15) is 5.10 Å². The number of hydrogen-bond acceptors (Lipinski definition) is 7. The molecule has 2 heterocycles. The average molecular weight is 464 g/mol. The third kappa shape index (κ3) is 4.90. The Balaban J connectivity index is 1.65. The lowest BCUT2D eigenvalue weighted by Crippen LogP contribution is -2.34. The van der Waals surface area contributed by atoms with Gasteiger partial charge in [0.1, 0.15) is 24.3 Å². The molecule has 34 heavy (non-hydrogen) atoms. The van der Waals surface area contributed by atoms with E-state index in [1.807, 2.05) is 48.5 Å². The summed E-state index contributed by atoms with van der Waals surface area (Å²) in [7, 11) is 1.57. The Morgan fingerprint density at radius 2 is 2.15 bits per heavy atom. The molecular weight excluding hydrogens is 434 g/mol. The molecule has 0 bridgehead atoms. The van der Waals surface area contributed by atoms with Gasteiger partial charge in [0.25, 0.3) is 0 Å². The van der Waals surface area contributed by atoms with Crippen LogP contribution in [-0.4, -0.2) is 41.0 Å². The molecule has 0 radical (unpaired) electrons. The van der Waals surface area contributed by atoms with Crippen LogP contribution in [0.5, 0.6) is 11.5 Å². The summed E-state index contributed by atoms with van der Waals surface area (Å²) in [6.45, 7) is 4.94. The van der Waals surface area contributed by atoms with Crippen LogP contribution in [0.4, 0.5) is 5.82 Å². The highest BCUT2D eigenvalue weighted by Crippen LogP contribution is 2.39. The van der Waals surface area contributed by atoms with Crippen molar-refractivity contribution in [1.29, 1.82) is 0 Å². The van der Waals surface area contributed by atoms with Crippen molar-refractivity contribution in [3.63, 3.8) is 0 Å². The number of amides is 1. The molecule has 1 aliphatic rings. The van der Waals surface area contributed by atoms with Gasteiger partial charge in [-0.3, -0.25) is 4.79 Å². The van der Waals surface area contributed by atoms with E-state index < -0.39 is 6.23 Å². The average Bonchev–Trinajstić information content (AvgIpc) is 3.27. The summed E-state index contributed by atoms with van der Waals surface area (Å²) >= 11 is 0. The van der Waals surface area contributed by atoms with E-state index in [1.54, 1.807) is 11.8 Å².